The van der Waals surface area contributed by atoms with E-state index in [1.165, 1.54) is 0 Å². The lowest BCUT2D eigenvalue weighted by molar-refractivity contribution is -0.321. The first-order valence-corrected chi connectivity index (χ1v) is 6.91. The molecule has 0 amide bonds. The zero-order chi connectivity index (χ0) is 13.1. The summed E-state index contributed by atoms with van der Waals surface area (Å²) in [5.41, 5.74) is 0. The van der Waals surface area contributed by atoms with Crippen LogP contribution in [-0.4, -0.2) is 18.5 Å². The van der Waals surface area contributed by atoms with Gasteiger partial charge in [-0.25, -0.2) is 0 Å². The summed E-state index contributed by atoms with van der Waals surface area (Å²) in [6, 6.07) is 0. The average Bonchev–Trinajstić information content (AvgIpc) is 2.29. The van der Waals surface area contributed by atoms with E-state index in [1.54, 1.807) is 0 Å². The molecule has 1 fully saturated rings. The molecule has 0 radical (unpaired) electrons. The molecule has 0 saturated carbocycles. The van der Waals surface area contributed by atoms with Gasteiger partial charge in [-0.05, 0) is 19.3 Å². The molecule has 17 heavy (non-hydrogen) atoms. The number of rotatable bonds is 4. The minimum absolute atomic E-state index is 0.276. The second-order valence-corrected chi connectivity index (χ2v) is 5.69. The lowest BCUT2D eigenvalue weighted by Gasteiger charge is -2.45. The van der Waals surface area contributed by atoms with E-state index in [2.05, 4.69) is 53.7 Å². The van der Waals surface area contributed by atoms with Gasteiger partial charge in [0.25, 0.3) is 0 Å². The monoisotopic (exact) mass is 240 g/mol. The third-order valence-corrected chi connectivity index (χ3v) is 3.75. The van der Waals surface area contributed by atoms with Crippen LogP contribution in [0.15, 0.2) is 12.2 Å². The highest BCUT2D eigenvalue weighted by Crippen LogP contribution is 2.36. The van der Waals surface area contributed by atoms with Crippen LogP contribution < -0.4 is 0 Å². The van der Waals surface area contributed by atoms with Crippen molar-refractivity contribution in [1.29, 1.82) is 0 Å². The largest absolute Gasteiger partial charge is 0.349 e. The second kappa shape index (κ2) is 6.01. The van der Waals surface area contributed by atoms with Crippen LogP contribution in [0, 0.1) is 17.8 Å². The minimum Gasteiger partial charge on any atom is -0.349 e. The van der Waals surface area contributed by atoms with Gasteiger partial charge in [0.05, 0.1) is 12.7 Å². The molecule has 2 nitrogen and oxygen atoms in total. The predicted molar refractivity (Wildman–Crippen MR) is 71.8 cm³/mol. The predicted octanol–water partition coefficient (Wildman–Crippen LogP) is 4.01. The Bertz CT molecular complexity index is 260. The minimum atomic E-state index is -0.419. The van der Waals surface area contributed by atoms with Crippen LogP contribution in [0.3, 0.4) is 0 Å². The molecule has 0 aliphatic carbocycles. The van der Waals surface area contributed by atoms with Crippen molar-refractivity contribution in [2.45, 2.75) is 59.9 Å². The Labute approximate surface area is 106 Å². The van der Waals surface area contributed by atoms with Crippen molar-refractivity contribution in [1.82, 2.24) is 0 Å². The Morgan fingerprint density at radius 3 is 2.35 bits per heavy atom. The number of hydrogen-bond donors (Lipinski definition) is 0. The van der Waals surface area contributed by atoms with Crippen molar-refractivity contribution in [3.63, 3.8) is 0 Å². The standard InChI is InChI=1S/C15H28O2/c1-7-15(13(5)9-8-11(2)3)16-10-12(4)14(6)17-15/h8-9,11-14H,7,10H2,1-6H3/b9-8+/t12-,13-,14+,15?/m0/s1. The van der Waals surface area contributed by atoms with E-state index in [4.69, 9.17) is 9.47 Å². The zero-order valence-corrected chi connectivity index (χ0v) is 12.2. The van der Waals surface area contributed by atoms with Crippen LogP contribution in [0.5, 0.6) is 0 Å². The summed E-state index contributed by atoms with van der Waals surface area (Å²) in [5.74, 6) is 0.934. The lowest BCUT2D eigenvalue weighted by atomic mass is 9.93. The molecule has 0 N–H and O–H groups in total. The van der Waals surface area contributed by atoms with E-state index in [0.717, 1.165) is 13.0 Å². The van der Waals surface area contributed by atoms with Gasteiger partial charge in [-0.3, -0.25) is 0 Å². The average molecular weight is 240 g/mol. The van der Waals surface area contributed by atoms with E-state index in [1.807, 2.05) is 0 Å². The molecule has 0 aromatic heterocycles. The van der Waals surface area contributed by atoms with Crippen molar-refractivity contribution >= 4 is 0 Å². The molecular weight excluding hydrogens is 212 g/mol. The lowest BCUT2D eigenvalue weighted by Crippen LogP contribution is -2.50. The fraction of sp³-hybridized carbons (Fsp3) is 0.867. The van der Waals surface area contributed by atoms with Gasteiger partial charge < -0.3 is 9.47 Å². The van der Waals surface area contributed by atoms with Gasteiger partial charge in [-0.15, -0.1) is 0 Å². The van der Waals surface area contributed by atoms with Gasteiger partial charge in [0, 0.05) is 11.8 Å². The molecule has 100 valence electrons. The topological polar surface area (TPSA) is 18.5 Å². The van der Waals surface area contributed by atoms with Crippen LogP contribution in [0.2, 0.25) is 0 Å². The third kappa shape index (κ3) is 3.56. The summed E-state index contributed by atoms with van der Waals surface area (Å²) >= 11 is 0. The van der Waals surface area contributed by atoms with E-state index in [0.29, 0.717) is 17.8 Å². The molecule has 1 aliphatic heterocycles. The van der Waals surface area contributed by atoms with Gasteiger partial charge in [-0.1, -0.05) is 46.8 Å². The summed E-state index contributed by atoms with van der Waals surface area (Å²) in [6.07, 6.45) is 5.64. The van der Waals surface area contributed by atoms with Crippen molar-refractivity contribution in [3.05, 3.63) is 12.2 Å². The van der Waals surface area contributed by atoms with Crippen LogP contribution in [0.25, 0.3) is 0 Å². The van der Waals surface area contributed by atoms with Gasteiger partial charge >= 0.3 is 0 Å². The van der Waals surface area contributed by atoms with Gasteiger partial charge in [0.2, 0.25) is 0 Å². The summed E-state index contributed by atoms with van der Waals surface area (Å²) in [4.78, 5) is 0. The Balaban J connectivity index is 2.75. The molecule has 1 heterocycles. The highest BCUT2D eigenvalue weighted by atomic mass is 16.7. The fourth-order valence-corrected chi connectivity index (χ4v) is 2.15. The molecule has 1 unspecified atom stereocenters. The van der Waals surface area contributed by atoms with Crippen LogP contribution in [0.4, 0.5) is 0 Å². The number of hydrogen-bond acceptors (Lipinski definition) is 2. The van der Waals surface area contributed by atoms with Crippen molar-refractivity contribution in [3.8, 4) is 0 Å². The van der Waals surface area contributed by atoms with Crippen molar-refractivity contribution in [2.24, 2.45) is 17.8 Å². The maximum absolute atomic E-state index is 6.16. The number of ether oxygens (including phenoxy) is 2. The fourth-order valence-electron chi connectivity index (χ4n) is 2.15. The Morgan fingerprint density at radius 2 is 1.88 bits per heavy atom. The first-order valence-electron chi connectivity index (χ1n) is 6.91. The second-order valence-electron chi connectivity index (χ2n) is 5.69. The third-order valence-electron chi connectivity index (χ3n) is 3.75. The van der Waals surface area contributed by atoms with E-state index in [9.17, 15) is 0 Å². The first kappa shape index (κ1) is 14.7. The smallest absolute Gasteiger partial charge is 0.174 e. The first-order chi connectivity index (χ1) is 7.91. The molecule has 1 saturated heterocycles. The summed E-state index contributed by atoms with van der Waals surface area (Å²) in [5, 5.41) is 0. The molecule has 2 heteroatoms. The van der Waals surface area contributed by atoms with Crippen LogP contribution in [-0.2, 0) is 9.47 Å². The van der Waals surface area contributed by atoms with Crippen LogP contribution in [0.1, 0.15) is 48.0 Å². The summed E-state index contributed by atoms with van der Waals surface area (Å²) in [6.45, 7) is 13.8. The molecule has 0 bridgehead atoms. The van der Waals surface area contributed by atoms with Gasteiger partial charge in [0.1, 0.15) is 0 Å². The highest BCUT2D eigenvalue weighted by molar-refractivity contribution is 4.96. The molecule has 1 rings (SSSR count). The van der Waals surface area contributed by atoms with Crippen molar-refractivity contribution < 1.29 is 9.47 Å². The maximum Gasteiger partial charge on any atom is 0.174 e. The molecule has 0 aromatic carbocycles. The molecule has 0 spiro atoms. The Morgan fingerprint density at radius 1 is 1.24 bits per heavy atom. The summed E-state index contributed by atoms with van der Waals surface area (Å²) < 4.78 is 12.2. The number of allylic oxidation sites excluding steroid dienone is 1. The Hall–Kier alpha value is -0.340. The van der Waals surface area contributed by atoms with Crippen LogP contribution >= 0.6 is 0 Å². The quantitative estimate of drug-likeness (QED) is 0.691. The molecule has 1 aliphatic rings. The molecule has 0 aromatic rings. The highest BCUT2D eigenvalue weighted by Gasteiger charge is 2.41. The Kier molecular flexibility index (Phi) is 5.21. The summed E-state index contributed by atoms with van der Waals surface area (Å²) in [7, 11) is 0. The van der Waals surface area contributed by atoms with Gasteiger partial charge in [0.15, 0.2) is 5.79 Å². The SMILES string of the molecule is CCC1([C@@H](C)/C=C/C(C)C)OC[C@H](C)[C@@H](C)O1. The van der Waals surface area contributed by atoms with E-state index < -0.39 is 5.79 Å². The van der Waals surface area contributed by atoms with Gasteiger partial charge in [-0.2, -0.15) is 0 Å². The maximum atomic E-state index is 6.16. The normalized spacial score (nSPS) is 36.6. The van der Waals surface area contributed by atoms with Crippen molar-refractivity contribution in [2.75, 3.05) is 6.61 Å². The van der Waals surface area contributed by atoms with E-state index in [-0.39, 0.29) is 6.10 Å². The molecule has 4 atom stereocenters. The molecular formula is C15H28O2. The zero-order valence-electron chi connectivity index (χ0n) is 12.2. The van der Waals surface area contributed by atoms with E-state index >= 15 is 0 Å².